The lowest BCUT2D eigenvalue weighted by Gasteiger charge is -2.08. The van der Waals surface area contributed by atoms with Crippen LogP contribution in [0.5, 0.6) is 0 Å². The Balaban J connectivity index is 2.65. The molecule has 0 aliphatic heterocycles. The number of nitrogens with zero attached hydrogens (tertiary/aromatic N) is 2. The number of anilines is 1. The van der Waals surface area contributed by atoms with E-state index in [1.165, 1.54) is 12.3 Å². The maximum atomic E-state index is 12.3. The molecule has 0 radical (unpaired) electrons. The molecule has 0 unspecified atom stereocenters. The molecule has 0 saturated heterocycles. The van der Waals surface area contributed by atoms with Gasteiger partial charge in [-0.1, -0.05) is 0 Å². The van der Waals surface area contributed by atoms with Crippen molar-refractivity contribution in [3.63, 3.8) is 0 Å². The second kappa shape index (κ2) is 2.48. The topological polar surface area (TPSA) is 43.8 Å². The van der Waals surface area contributed by atoms with Crippen LogP contribution in [0.15, 0.2) is 12.3 Å². The third-order valence-corrected chi connectivity index (χ3v) is 1.10. The Morgan fingerprint density at radius 3 is 2.73 bits per heavy atom. The number of nitrogens with two attached hydrogens (primary N) is 1. The van der Waals surface area contributed by atoms with E-state index in [1.807, 2.05) is 0 Å². The zero-order chi connectivity index (χ0) is 8.48. The second-order valence-electron chi connectivity index (χ2n) is 2.51. The van der Waals surface area contributed by atoms with Gasteiger partial charge in [-0.3, -0.25) is 4.68 Å². The number of halogens is 2. The highest BCUT2D eigenvalue weighted by Crippen LogP contribution is 2.14. The Kier molecular flexibility index (Phi) is 1.80. The van der Waals surface area contributed by atoms with E-state index >= 15 is 0 Å². The van der Waals surface area contributed by atoms with Gasteiger partial charge < -0.3 is 5.73 Å². The highest BCUT2D eigenvalue weighted by molar-refractivity contribution is 5.23. The Hall–Kier alpha value is -1.13. The fourth-order valence-electron chi connectivity index (χ4n) is 0.750. The predicted octanol–water partition coefficient (Wildman–Crippen LogP) is 1.12. The average Bonchev–Trinajstić information content (AvgIpc) is 2.10. The van der Waals surface area contributed by atoms with Crippen LogP contribution in [-0.2, 0) is 6.54 Å². The minimum absolute atomic E-state index is 0.259. The van der Waals surface area contributed by atoms with Crippen LogP contribution < -0.4 is 5.73 Å². The number of aromatic nitrogens is 2. The number of hydrogen-bond acceptors (Lipinski definition) is 2. The standard InChI is InChI=1S/C6H9F2N3/c1-6(7,8)4-11-3-2-5(9)10-11/h2-3H,4H2,1H3,(H2,9,10). The Morgan fingerprint density at radius 2 is 2.36 bits per heavy atom. The first-order valence-electron chi connectivity index (χ1n) is 3.14. The molecule has 1 aromatic rings. The van der Waals surface area contributed by atoms with Crippen molar-refractivity contribution in [2.75, 3.05) is 5.73 Å². The van der Waals surface area contributed by atoms with Crippen LogP contribution >= 0.6 is 0 Å². The van der Waals surface area contributed by atoms with Gasteiger partial charge in [0, 0.05) is 13.1 Å². The van der Waals surface area contributed by atoms with Crippen LogP contribution in [0.2, 0.25) is 0 Å². The smallest absolute Gasteiger partial charge is 0.264 e. The van der Waals surface area contributed by atoms with Crippen molar-refractivity contribution < 1.29 is 8.78 Å². The Morgan fingerprint density at radius 1 is 1.73 bits per heavy atom. The molecule has 0 aliphatic carbocycles. The van der Waals surface area contributed by atoms with Crippen molar-refractivity contribution in [3.8, 4) is 0 Å². The molecule has 5 heteroatoms. The van der Waals surface area contributed by atoms with Crippen LogP contribution in [0.3, 0.4) is 0 Å². The fraction of sp³-hybridized carbons (Fsp3) is 0.500. The number of nitrogen functional groups attached to an aromatic ring is 1. The molecule has 0 aliphatic rings. The zero-order valence-electron chi connectivity index (χ0n) is 6.09. The molecule has 11 heavy (non-hydrogen) atoms. The predicted molar refractivity (Wildman–Crippen MR) is 37.3 cm³/mol. The molecule has 0 saturated carbocycles. The van der Waals surface area contributed by atoms with E-state index in [2.05, 4.69) is 5.10 Å². The first-order valence-corrected chi connectivity index (χ1v) is 3.14. The minimum atomic E-state index is -2.74. The van der Waals surface area contributed by atoms with E-state index in [0.29, 0.717) is 0 Å². The fourth-order valence-corrected chi connectivity index (χ4v) is 0.750. The summed E-state index contributed by atoms with van der Waals surface area (Å²) >= 11 is 0. The van der Waals surface area contributed by atoms with Gasteiger partial charge in [-0.2, -0.15) is 5.10 Å². The summed E-state index contributed by atoms with van der Waals surface area (Å²) in [6, 6.07) is 1.48. The molecule has 0 amide bonds. The Bertz CT molecular complexity index is 238. The molecule has 2 N–H and O–H groups in total. The third kappa shape index (κ3) is 2.53. The van der Waals surface area contributed by atoms with Gasteiger partial charge in [0.2, 0.25) is 0 Å². The highest BCUT2D eigenvalue weighted by atomic mass is 19.3. The van der Waals surface area contributed by atoms with E-state index in [-0.39, 0.29) is 5.82 Å². The summed E-state index contributed by atoms with van der Waals surface area (Å²) < 4.78 is 25.8. The lowest BCUT2D eigenvalue weighted by molar-refractivity contribution is 0.000682. The highest BCUT2D eigenvalue weighted by Gasteiger charge is 2.21. The van der Waals surface area contributed by atoms with Crippen LogP contribution in [-0.4, -0.2) is 15.7 Å². The summed E-state index contributed by atoms with van der Waals surface area (Å²) in [6.45, 7) is 0.412. The minimum Gasteiger partial charge on any atom is -0.382 e. The van der Waals surface area contributed by atoms with Crippen molar-refractivity contribution in [3.05, 3.63) is 12.3 Å². The van der Waals surface area contributed by atoms with E-state index in [4.69, 9.17) is 5.73 Å². The molecule has 1 rings (SSSR count). The normalized spacial score (nSPS) is 11.9. The lowest BCUT2D eigenvalue weighted by atomic mass is 10.4. The third-order valence-electron chi connectivity index (χ3n) is 1.10. The molecule has 1 aromatic heterocycles. The van der Waals surface area contributed by atoms with Gasteiger partial charge in [0.15, 0.2) is 0 Å². The molecule has 0 atom stereocenters. The summed E-state index contributed by atoms with van der Waals surface area (Å²) in [6.07, 6.45) is 1.42. The molecule has 0 bridgehead atoms. The summed E-state index contributed by atoms with van der Waals surface area (Å²) in [5.74, 6) is -2.48. The van der Waals surface area contributed by atoms with Crippen molar-refractivity contribution in [1.82, 2.24) is 9.78 Å². The van der Waals surface area contributed by atoms with Crippen LogP contribution in [0, 0.1) is 0 Å². The molecular weight excluding hydrogens is 152 g/mol. The quantitative estimate of drug-likeness (QED) is 0.706. The SMILES string of the molecule is CC(F)(F)Cn1ccc(N)n1. The van der Waals surface area contributed by atoms with Gasteiger partial charge in [0.1, 0.15) is 12.4 Å². The van der Waals surface area contributed by atoms with Crippen molar-refractivity contribution >= 4 is 5.82 Å². The molecule has 0 spiro atoms. The second-order valence-corrected chi connectivity index (χ2v) is 2.51. The molecule has 3 nitrogen and oxygen atoms in total. The van der Waals surface area contributed by atoms with Crippen LogP contribution in [0.1, 0.15) is 6.92 Å². The maximum absolute atomic E-state index is 12.3. The first-order chi connectivity index (χ1) is 4.97. The molecular formula is C6H9F2N3. The summed E-state index contributed by atoms with van der Waals surface area (Å²) in [5.41, 5.74) is 5.22. The Labute approximate surface area is 62.8 Å². The van der Waals surface area contributed by atoms with Crippen LogP contribution in [0.25, 0.3) is 0 Å². The van der Waals surface area contributed by atoms with Crippen LogP contribution in [0.4, 0.5) is 14.6 Å². The number of hydrogen-bond donors (Lipinski definition) is 1. The molecule has 0 fully saturated rings. The molecule has 0 aromatic carbocycles. The van der Waals surface area contributed by atoms with E-state index in [1.54, 1.807) is 0 Å². The van der Waals surface area contributed by atoms with Gasteiger partial charge in [-0.25, -0.2) is 8.78 Å². The van der Waals surface area contributed by atoms with Gasteiger partial charge in [-0.05, 0) is 6.07 Å². The van der Waals surface area contributed by atoms with E-state index in [9.17, 15) is 8.78 Å². The van der Waals surface area contributed by atoms with Crippen molar-refractivity contribution in [2.45, 2.75) is 19.4 Å². The monoisotopic (exact) mass is 161 g/mol. The van der Waals surface area contributed by atoms with Gasteiger partial charge in [-0.15, -0.1) is 0 Å². The first kappa shape index (κ1) is 7.97. The van der Waals surface area contributed by atoms with Gasteiger partial charge in [0.25, 0.3) is 5.92 Å². The molecule has 1 heterocycles. The van der Waals surface area contributed by atoms with Crippen molar-refractivity contribution in [1.29, 1.82) is 0 Å². The number of rotatable bonds is 2. The van der Waals surface area contributed by atoms with E-state index < -0.39 is 12.5 Å². The zero-order valence-corrected chi connectivity index (χ0v) is 6.09. The summed E-state index contributed by atoms with van der Waals surface area (Å²) in [4.78, 5) is 0. The van der Waals surface area contributed by atoms with Crippen molar-refractivity contribution in [2.24, 2.45) is 0 Å². The summed E-state index contributed by atoms with van der Waals surface area (Å²) in [7, 11) is 0. The van der Waals surface area contributed by atoms with Gasteiger partial charge >= 0.3 is 0 Å². The molecule has 62 valence electrons. The van der Waals surface area contributed by atoms with E-state index in [0.717, 1.165) is 11.6 Å². The average molecular weight is 161 g/mol. The maximum Gasteiger partial charge on any atom is 0.264 e. The lowest BCUT2D eigenvalue weighted by Crippen LogP contribution is -2.19. The largest absolute Gasteiger partial charge is 0.382 e. The van der Waals surface area contributed by atoms with Gasteiger partial charge in [0.05, 0.1) is 0 Å². The summed E-state index contributed by atoms with van der Waals surface area (Å²) in [5, 5.41) is 3.61. The number of alkyl halides is 2.